The summed E-state index contributed by atoms with van der Waals surface area (Å²) in [5.74, 6) is -0.622. The van der Waals surface area contributed by atoms with Crippen LogP contribution in [0.3, 0.4) is 0 Å². The van der Waals surface area contributed by atoms with E-state index >= 15 is 0 Å². The van der Waals surface area contributed by atoms with E-state index in [1.807, 2.05) is 37.3 Å². The first-order valence-corrected chi connectivity index (χ1v) is 10.8. The molecular formula is C26H19ClN2O6. The van der Waals surface area contributed by atoms with Gasteiger partial charge in [0.15, 0.2) is 6.61 Å². The zero-order valence-electron chi connectivity index (χ0n) is 18.8. The molecule has 0 saturated heterocycles. The monoisotopic (exact) mass is 490 g/mol. The highest BCUT2D eigenvalue weighted by Crippen LogP contribution is 2.28. The summed E-state index contributed by atoms with van der Waals surface area (Å²) in [5, 5.41) is 11.6. The number of hydrogen-bond acceptors (Lipinski definition) is 7. The van der Waals surface area contributed by atoms with Crippen molar-refractivity contribution >= 4 is 39.9 Å². The fourth-order valence-corrected chi connectivity index (χ4v) is 3.72. The van der Waals surface area contributed by atoms with Gasteiger partial charge in [-0.15, -0.1) is 0 Å². The minimum absolute atomic E-state index is 0.0169. The lowest BCUT2D eigenvalue weighted by molar-refractivity contribution is -0.384. The van der Waals surface area contributed by atoms with E-state index in [4.69, 9.17) is 21.1 Å². The third-order valence-electron chi connectivity index (χ3n) is 5.37. The normalized spacial score (nSPS) is 10.7. The van der Waals surface area contributed by atoms with E-state index in [2.05, 4.69) is 4.98 Å². The Labute approximate surface area is 205 Å². The fourth-order valence-electron chi connectivity index (χ4n) is 3.54. The van der Waals surface area contributed by atoms with Crippen molar-refractivity contribution < 1.29 is 24.0 Å². The number of ketones is 1. The van der Waals surface area contributed by atoms with E-state index in [0.717, 1.165) is 17.2 Å². The topological polar surface area (TPSA) is 109 Å². The maximum absolute atomic E-state index is 13.1. The average molecular weight is 491 g/mol. The smallest absolute Gasteiger partial charge is 0.339 e. The maximum Gasteiger partial charge on any atom is 0.339 e. The SMILES string of the molecule is COc1ccc(-c2cc(C(=O)OCC(=O)c3ccc(Cl)c([N+](=O)[O-])c3)c3cc(C)ccc3n2)cc1. The number of carbonyl (C=O) groups excluding carboxylic acids is 2. The minimum Gasteiger partial charge on any atom is -0.497 e. The van der Waals surface area contributed by atoms with Gasteiger partial charge in [0.1, 0.15) is 10.8 Å². The number of halogens is 1. The summed E-state index contributed by atoms with van der Waals surface area (Å²) in [5.41, 5.74) is 2.71. The van der Waals surface area contributed by atoms with Crippen molar-refractivity contribution in [1.82, 2.24) is 4.98 Å². The summed E-state index contributed by atoms with van der Waals surface area (Å²) < 4.78 is 10.5. The Kier molecular flexibility index (Phi) is 6.75. The second-order valence-corrected chi connectivity index (χ2v) is 8.13. The standard InChI is InChI=1S/C26H19ClN2O6/c1-15-3-10-22-19(11-15)20(13-23(28-22)16-4-7-18(34-2)8-5-16)26(31)35-14-25(30)17-6-9-21(27)24(12-17)29(32)33/h3-13H,14H2,1-2H3. The highest BCUT2D eigenvalue weighted by atomic mass is 35.5. The molecule has 0 aliphatic carbocycles. The van der Waals surface area contributed by atoms with Crippen LogP contribution >= 0.6 is 11.6 Å². The number of ether oxygens (including phenoxy) is 2. The summed E-state index contributed by atoms with van der Waals surface area (Å²) >= 11 is 5.80. The summed E-state index contributed by atoms with van der Waals surface area (Å²) in [6, 6.07) is 18.0. The predicted octanol–water partition coefficient (Wildman–Crippen LogP) is 5.82. The lowest BCUT2D eigenvalue weighted by Gasteiger charge is -2.11. The second kappa shape index (κ2) is 9.90. The number of nitrogens with zero attached hydrogens (tertiary/aromatic N) is 2. The van der Waals surface area contributed by atoms with E-state index in [-0.39, 0.29) is 16.1 Å². The number of Topliss-reactive ketones (excluding diaryl/α,β-unsaturated/α-hetero) is 1. The van der Waals surface area contributed by atoms with Crippen LogP contribution < -0.4 is 4.74 Å². The van der Waals surface area contributed by atoms with Gasteiger partial charge in [0.05, 0.1) is 28.8 Å². The molecule has 0 aliphatic rings. The van der Waals surface area contributed by atoms with Gasteiger partial charge in [-0.05, 0) is 61.5 Å². The number of carbonyl (C=O) groups is 2. The summed E-state index contributed by atoms with van der Waals surface area (Å²) in [4.78, 5) is 40.7. The zero-order chi connectivity index (χ0) is 25.1. The first-order valence-electron chi connectivity index (χ1n) is 10.5. The molecule has 8 nitrogen and oxygen atoms in total. The minimum atomic E-state index is -0.713. The largest absolute Gasteiger partial charge is 0.497 e. The number of rotatable bonds is 7. The third kappa shape index (κ3) is 5.12. The molecule has 0 unspecified atom stereocenters. The van der Waals surface area contributed by atoms with Gasteiger partial charge < -0.3 is 9.47 Å². The van der Waals surface area contributed by atoms with Crippen LogP contribution in [0.15, 0.2) is 66.7 Å². The molecule has 1 heterocycles. The Morgan fingerprint density at radius 1 is 1.03 bits per heavy atom. The molecule has 1 aromatic heterocycles. The maximum atomic E-state index is 13.1. The quantitative estimate of drug-likeness (QED) is 0.139. The number of fused-ring (bicyclic) bond motifs is 1. The number of pyridine rings is 1. The fraction of sp³-hybridized carbons (Fsp3) is 0.115. The number of nitro benzene ring substituents is 1. The molecule has 0 N–H and O–H groups in total. The highest BCUT2D eigenvalue weighted by Gasteiger charge is 2.20. The van der Waals surface area contributed by atoms with Crippen LogP contribution in [-0.4, -0.2) is 35.4 Å². The third-order valence-corrected chi connectivity index (χ3v) is 5.69. The van der Waals surface area contributed by atoms with E-state index in [1.54, 1.807) is 25.3 Å². The van der Waals surface area contributed by atoms with Crippen molar-refractivity contribution in [2.75, 3.05) is 13.7 Å². The molecule has 9 heteroatoms. The van der Waals surface area contributed by atoms with Gasteiger partial charge in [-0.2, -0.15) is 0 Å². The van der Waals surface area contributed by atoms with E-state index < -0.39 is 29.0 Å². The van der Waals surface area contributed by atoms with Crippen LogP contribution in [-0.2, 0) is 4.74 Å². The number of methoxy groups -OCH3 is 1. The molecule has 0 atom stereocenters. The van der Waals surface area contributed by atoms with Crippen molar-refractivity contribution in [1.29, 1.82) is 0 Å². The van der Waals surface area contributed by atoms with Crippen LogP contribution in [0.1, 0.15) is 26.3 Å². The van der Waals surface area contributed by atoms with E-state index in [1.165, 1.54) is 12.1 Å². The van der Waals surface area contributed by atoms with Crippen molar-refractivity contribution in [3.8, 4) is 17.0 Å². The van der Waals surface area contributed by atoms with Gasteiger partial charge in [0.25, 0.3) is 5.69 Å². The Morgan fingerprint density at radius 3 is 2.46 bits per heavy atom. The molecule has 0 saturated carbocycles. The molecule has 4 rings (SSSR count). The zero-order valence-corrected chi connectivity index (χ0v) is 19.5. The summed E-state index contributed by atoms with van der Waals surface area (Å²) in [6.07, 6.45) is 0. The predicted molar refractivity (Wildman–Crippen MR) is 131 cm³/mol. The summed E-state index contributed by atoms with van der Waals surface area (Å²) in [7, 11) is 1.57. The van der Waals surface area contributed by atoms with Crippen LogP contribution in [0.4, 0.5) is 5.69 Å². The Hall–Kier alpha value is -4.30. The van der Waals surface area contributed by atoms with Crippen molar-refractivity contribution in [3.05, 3.63) is 98.6 Å². The summed E-state index contributed by atoms with van der Waals surface area (Å²) in [6.45, 7) is 1.30. The van der Waals surface area contributed by atoms with Crippen LogP contribution in [0.25, 0.3) is 22.2 Å². The van der Waals surface area contributed by atoms with Gasteiger partial charge in [-0.25, -0.2) is 9.78 Å². The van der Waals surface area contributed by atoms with E-state index in [0.29, 0.717) is 22.3 Å². The van der Waals surface area contributed by atoms with Gasteiger partial charge in [-0.3, -0.25) is 14.9 Å². The number of aryl methyl sites for hydroxylation is 1. The van der Waals surface area contributed by atoms with E-state index in [9.17, 15) is 19.7 Å². The molecule has 0 amide bonds. The van der Waals surface area contributed by atoms with Crippen molar-refractivity contribution in [2.45, 2.75) is 6.92 Å². The Morgan fingerprint density at radius 2 is 1.77 bits per heavy atom. The first kappa shape index (κ1) is 23.8. The lowest BCUT2D eigenvalue weighted by Crippen LogP contribution is -2.15. The molecule has 4 aromatic rings. The second-order valence-electron chi connectivity index (χ2n) is 7.73. The molecule has 176 valence electrons. The van der Waals surface area contributed by atoms with Gasteiger partial charge in [0, 0.05) is 22.6 Å². The molecule has 35 heavy (non-hydrogen) atoms. The molecule has 0 radical (unpaired) electrons. The highest BCUT2D eigenvalue weighted by molar-refractivity contribution is 6.32. The lowest BCUT2D eigenvalue weighted by atomic mass is 10.0. The van der Waals surface area contributed by atoms with Crippen molar-refractivity contribution in [2.24, 2.45) is 0 Å². The first-order chi connectivity index (χ1) is 16.8. The van der Waals surface area contributed by atoms with Crippen LogP contribution in [0.5, 0.6) is 5.75 Å². The number of hydrogen-bond donors (Lipinski definition) is 0. The van der Waals surface area contributed by atoms with Crippen LogP contribution in [0, 0.1) is 17.0 Å². The number of aromatic nitrogens is 1. The number of esters is 1. The van der Waals surface area contributed by atoms with Gasteiger partial charge in [-0.1, -0.05) is 23.2 Å². The molecule has 0 fully saturated rings. The van der Waals surface area contributed by atoms with Gasteiger partial charge >= 0.3 is 5.97 Å². The molecular weight excluding hydrogens is 472 g/mol. The molecule has 0 aliphatic heterocycles. The molecule has 0 bridgehead atoms. The van der Waals surface area contributed by atoms with Gasteiger partial charge in [0.2, 0.25) is 5.78 Å². The van der Waals surface area contributed by atoms with Crippen molar-refractivity contribution in [3.63, 3.8) is 0 Å². The number of benzene rings is 3. The molecule has 0 spiro atoms. The number of nitro groups is 1. The Bertz CT molecular complexity index is 1470. The average Bonchev–Trinajstić information content (AvgIpc) is 2.86. The van der Waals surface area contributed by atoms with Crippen LogP contribution in [0.2, 0.25) is 5.02 Å². The Balaban J connectivity index is 1.64. The molecule has 3 aromatic carbocycles.